The van der Waals surface area contributed by atoms with Gasteiger partial charge in [0.05, 0.1) is 5.03 Å². The lowest BCUT2D eigenvalue weighted by atomic mass is 10.3. The first-order chi connectivity index (χ1) is 4.33. The standard InChI is InChI=1S/C5H8ClO3P/c1-4(2)5(6)3-10(7,8)9/h3H,1H2,2H3,(H2,7,8,9). The molecule has 0 radical (unpaired) electrons. The first kappa shape index (κ1) is 9.92. The summed E-state index contributed by atoms with van der Waals surface area (Å²) in [5.41, 5.74) is 0.435. The van der Waals surface area contributed by atoms with Gasteiger partial charge in [-0.25, -0.2) is 0 Å². The molecule has 0 aliphatic heterocycles. The molecule has 0 amide bonds. The summed E-state index contributed by atoms with van der Waals surface area (Å²) in [5, 5.41) is 0.00772. The van der Waals surface area contributed by atoms with Crippen LogP contribution >= 0.6 is 19.2 Å². The maximum atomic E-state index is 10.2. The molecule has 10 heavy (non-hydrogen) atoms. The van der Waals surface area contributed by atoms with Crippen LogP contribution in [0.15, 0.2) is 23.0 Å². The van der Waals surface area contributed by atoms with E-state index >= 15 is 0 Å². The van der Waals surface area contributed by atoms with Crippen LogP contribution in [-0.2, 0) is 4.57 Å². The summed E-state index contributed by atoms with van der Waals surface area (Å²) in [5.74, 6) is 0.677. The van der Waals surface area contributed by atoms with Gasteiger partial charge in [0.15, 0.2) is 0 Å². The Hall–Kier alpha value is -0.0800. The lowest BCUT2D eigenvalue weighted by Crippen LogP contribution is -1.75. The van der Waals surface area contributed by atoms with Crippen LogP contribution in [0.1, 0.15) is 6.92 Å². The average molecular weight is 183 g/mol. The normalized spacial score (nSPS) is 13.4. The minimum Gasteiger partial charge on any atom is -0.321 e. The van der Waals surface area contributed by atoms with Gasteiger partial charge in [-0.1, -0.05) is 18.2 Å². The molecule has 0 aromatic rings. The lowest BCUT2D eigenvalue weighted by molar-refractivity contribution is 0.386. The third-order valence-corrected chi connectivity index (χ3v) is 1.87. The van der Waals surface area contributed by atoms with E-state index in [1.54, 1.807) is 6.92 Å². The second kappa shape index (κ2) is 3.35. The first-order valence-electron chi connectivity index (χ1n) is 2.42. The van der Waals surface area contributed by atoms with Gasteiger partial charge in [-0.15, -0.1) is 0 Å². The van der Waals surface area contributed by atoms with Gasteiger partial charge in [0.2, 0.25) is 0 Å². The molecule has 0 fully saturated rings. The van der Waals surface area contributed by atoms with Gasteiger partial charge < -0.3 is 9.79 Å². The predicted molar refractivity (Wildman–Crippen MR) is 40.8 cm³/mol. The molecule has 0 aromatic carbocycles. The molecule has 5 heteroatoms. The smallest absolute Gasteiger partial charge is 0.321 e. The van der Waals surface area contributed by atoms with E-state index < -0.39 is 7.60 Å². The van der Waals surface area contributed by atoms with Crippen molar-refractivity contribution in [1.82, 2.24) is 0 Å². The van der Waals surface area contributed by atoms with Crippen LogP contribution in [-0.4, -0.2) is 9.79 Å². The maximum absolute atomic E-state index is 10.2. The van der Waals surface area contributed by atoms with Crippen molar-refractivity contribution in [1.29, 1.82) is 0 Å². The molecule has 0 saturated carbocycles. The van der Waals surface area contributed by atoms with Gasteiger partial charge >= 0.3 is 7.60 Å². The van der Waals surface area contributed by atoms with E-state index in [2.05, 4.69) is 6.58 Å². The average Bonchev–Trinajstić information content (AvgIpc) is 1.60. The third-order valence-electron chi connectivity index (χ3n) is 0.689. The van der Waals surface area contributed by atoms with Crippen molar-refractivity contribution in [2.24, 2.45) is 0 Å². The van der Waals surface area contributed by atoms with Crippen molar-refractivity contribution in [2.45, 2.75) is 6.92 Å². The van der Waals surface area contributed by atoms with Crippen molar-refractivity contribution in [3.8, 4) is 0 Å². The molecular weight excluding hydrogens is 174 g/mol. The van der Waals surface area contributed by atoms with Crippen molar-refractivity contribution in [3.05, 3.63) is 23.0 Å². The number of rotatable bonds is 2. The maximum Gasteiger partial charge on any atom is 0.350 e. The highest BCUT2D eigenvalue weighted by Gasteiger charge is 2.09. The Labute approximate surface area is 64.2 Å². The molecular formula is C5H8ClO3P. The zero-order valence-corrected chi connectivity index (χ0v) is 7.06. The fourth-order valence-electron chi connectivity index (χ4n) is 0.258. The summed E-state index contributed by atoms with van der Waals surface area (Å²) in [6, 6.07) is 0. The summed E-state index contributed by atoms with van der Waals surface area (Å²) in [6.07, 6.45) is 0. The molecule has 0 aliphatic carbocycles. The van der Waals surface area contributed by atoms with E-state index in [1.165, 1.54) is 0 Å². The Balaban J connectivity index is 4.48. The molecule has 58 valence electrons. The largest absolute Gasteiger partial charge is 0.350 e. The van der Waals surface area contributed by atoms with E-state index in [0.29, 0.717) is 11.4 Å². The molecule has 0 saturated heterocycles. The van der Waals surface area contributed by atoms with Gasteiger partial charge in [-0.2, -0.15) is 0 Å². The molecule has 0 aromatic heterocycles. The quantitative estimate of drug-likeness (QED) is 0.506. The van der Waals surface area contributed by atoms with Crippen molar-refractivity contribution in [2.75, 3.05) is 0 Å². The number of hydrogen-bond acceptors (Lipinski definition) is 1. The van der Waals surface area contributed by atoms with E-state index in [0.717, 1.165) is 0 Å². The zero-order valence-electron chi connectivity index (χ0n) is 5.41. The molecule has 0 atom stereocenters. The Kier molecular flexibility index (Phi) is 3.33. The molecule has 0 aliphatic rings. The van der Waals surface area contributed by atoms with Crippen LogP contribution < -0.4 is 0 Å². The Morgan fingerprint density at radius 1 is 1.70 bits per heavy atom. The molecule has 0 rings (SSSR count). The Morgan fingerprint density at radius 3 is 2.20 bits per heavy atom. The van der Waals surface area contributed by atoms with E-state index in [-0.39, 0.29) is 5.03 Å². The van der Waals surface area contributed by atoms with Crippen molar-refractivity contribution in [3.63, 3.8) is 0 Å². The summed E-state index contributed by atoms with van der Waals surface area (Å²) in [6.45, 7) is 4.96. The van der Waals surface area contributed by atoms with Gasteiger partial charge in [0.25, 0.3) is 0 Å². The number of allylic oxidation sites excluding steroid dienone is 2. The van der Waals surface area contributed by atoms with Gasteiger partial charge in [0, 0.05) is 5.82 Å². The highest BCUT2D eigenvalue weighted by Crippen LogP contribution is 2.39. The first-order valence-corrected chi connectivity index (χ1v) is 4.48. The molecule has 3 nitrogen and oxygen atoms in total. The van der Waals surface area contributed by atoms with Crippen molar-refractivity contribution >= 4 is 19.2 Å². The summed E-state index contributed by atoms with van der Waals surface area (Å²) >= 11 is 5.37. The van der Waals surface area contributed by atoms with Crippen LogP contribution in [0.25, 0.3) is 0 Å². The molecule has 0 bridgehead atoms. The second-order valence-electron chi connectivity index (χ2n) is 1.85. The van der Waals surface area contributed by atoms with Gasteiger partial charge in [0.1, 0.15) is 0 Å². The minimum absolute atomic E-state index is 0.00772. The van der Waals surface area contributed by atoms with E-state index in [4.69, 9.17) is 21.4 Å². The third kappa shape index (κ3) is 4.77. The fraction of sp³-hybridized carbons (Fsp3) is 0.200. The zero-order chi connectivity index (χ0) is 8.36. The highest BCUT2D eigenvalue weighted by molar-refractivity contribution is 7.55. The second-order valence-corrected chi connectivity index (χ2v) is 3.69. The van der Waals surface area contributed by atoms with E-state index in [9.17, 15) is 4.57 Å². The molecule has 0 heterocycles. The van der Waals surface area contributed by atoms with Crippen molar-refractivity contribution < 1.29 is 14.4 Å². The monoisotopic (exact) mass is 182 g/mol. The Bertz CT molecular complexity index is 215. The number of hydrogen-bond donors (Lipinski definition) is 2. The SMILES string of the molecule is C=C(C)C(Cl)=CP(=O)(O)O. The fourth-order valence-corrected chi connectivity index (χ4v) is 1.15. The van der Waals surface area contributed by atoms with Crippen LogP contribution in [0.4, 0.5) is 0 Å². The van der Waals surface area contributed by atoms with Crippen LogP contribution in [0.5, 0.6) is 0 Å². The molecule has 0 spiro atoms. The Morgan fingerprint density at radius 2 is 2.10 bits per heavy atom. The minimum atomic E-state index is -4.13. The van der Waals surface area contributed by atoms with E-state index in [1.807, 2.05) is 0 Å². The highest BCUT2D eigenvalue weighted by atomic mass is 35.5. The predicted octanol–water partition coefficient (Wildman–Crippen LogP) is 1.82. The van der Waals surface area contributed by atoms with Crippen LogP contribution in [0.3, 0.4) is 0 Å². The number of halogens is 1. The summed E-state index contributed by atoms with van der Waals surface area (Å²) in [4.78, 5) is 16.7. The topological polar surface area (TPSA) is 57.5 Å². The van der Waals surface area contributed by atoms with Crippen LogP contribution in [0, 0.1) is 0 Å². The molecule has 0 unspecified atom stereocenters. The van der Waals surface area contributed by atoms with Gasteiger partial charge in [-0.3, -0.25) is 4.57 Å². The van der Waals surface area contributed by atoms with Crippen LogP contribution in [0.2, 0.25) is 0 Å². The summed E-state index contributed by atoms with van der Waals surface area (Å²) < 4.78 is 10.2. The lowest BCUT2D eigenvalue weighted by Gasteiger charge is -1.97. The molecule has 2 N–H and O–H groups in total. The summed E-state index contributed by atoms with van der Waals surface area (Å²) in [7, 11) is -4.13. The van der Waals surface area contributed by atoms with Gasteiger partial charge in [-0.05, 0) is 12.5 Å².